The van der Waals surface area contributed by atoms with E-state index in [2.05, 4.69) is 10.4 Å². The molecule has 1 saturated carbocycles. The number of aromatic nitrogens is 2. The zero-order valence-corrected chi connectivity index (χ0v) is 9.31. The number of hydrogen-bond donors (Lipinski definition) is 1. The number of aryl methyl sites for hydroxylation is 1. The smallest absolute Gasteiger partial charge is 0.125 e. The normalized spacial score (nSPS) is 15.6. The first-order valence-corrected chi connectivity index (χ1v) is 5.62. The molecule has 4 heteroatoms. The predicted molar refractivity (Wildman–Crippen MR) is 60.8 cm³/mol. The highest BCUT2D eigenvalue weighted by Gasteiger charge is 2.21. The fourth-order valence-corrected chi connectivity index (χ4v) is 1.82. The van der Waals surface area contributed by atoms with Gasteiger partial charge in [0.25, 0.3) is 0 Å². The van der Waals surface area contributed by atoms with Crippen molar-refractivity contribution >= 4 is 0 Å². The summed E-state index contributed by atoms with van der Waals surface area (Å²) in [4.78, 5) is 0. The lowest BCUT2D eigenvalue weighted by Crippen LogP contribution is -2.15. The van der Waals surface area contributed by atoms with Crippen LogP contribution in [0.15, 0.2) is 29.1 Å². The number of hydrogen-bond acceptors (Lipinski definition) is 3. The van der Waals surface area contributed by atoms with E-state index in [0.717, 1.165) is 23.4 Å². The van der Waals surface area contributed by atoms with Gasteiger partial charge >= 0.3 is 0 Å². The van der Waals surface area contributed by atoms with Crippen LogP contribution in [0.25, 0.3) is 11.1 Å². The van der Waals surface area contributed by atoms with Crippen LogP contribution < -0.4 is 5.32 Å². The van der Waals surface area contributed by atoms with Crippen molar-refractivity contribution < 1.29 is 4.42 Å². The van der Waals surface area contributed by atoms with Crippen LogP contribution in [0.4, 0.5) is 0 Å². The molecule has 0 aliphatic heterocycles. The maximum atomic E-state index is 5.51. The van der Waals surface area contributed by atoms with Crippen molar-refractivity contribution in [1.82, 2.24) is 15.1 Å². The topological polar surface area (TPSA) is 43.0 Å². The van der Waals surface area contributed by atoms with Crippen LogP contribution in [0.5, 0.6) is 0 Å². The lowest BCUT2D eigenvalue weighted by molar-refractivity contribution is 0.483. The molecular formula is C12H15N3O. The molecule has 1 fully saturated rings. The molecule has 1 aliphatic rings. The SMILES string of the molecule is Cn1cc(-c2ccoc2CNC2CC2)cn1. The van der Waals surface area contributed by atoms with Crippen molar-refractivity contribution in [3.05, 3.63) is 30.5 Å². The van der Waals surface area contributed by atoms with Crippen LogP contribution in [0.1, 0.15) is 18.6 Å². The maximum absolute atomic E-state index is 5.51. The van der Waals surface area contributed by atoms with Crippen molar-refractivity contribution in [1.29, 1.82) is 0 Å². The highest BCUT2D eigenvalue weighted by molar-refractivity contribution is 5.63. The Balaban J connectivity index is 1.80. The Morgan fingerprint density at radius 1 is 1.56 bits per heavy atom. The summed E-state index contributed by atoms with van der Waals surface area (Å²) in [5, 5.41) is 7.63. The maximum Gasteiger partial charge on any atom is 0.125 e. The summed E-state index contributed by atoms with van der Waals surface area (Å²) in [5.74, 6) is 1.000. The summed E-state index contributed by atoms with van der Waals surface area (Å²) in [6.07, 6.45) is 8.20. The molecule has 0 radical (unpaired) electrons. The fourth-order valence-electron chi connectivity index (χ4n) is 1.82. The van der Waals surface area contributed by atoms with Gasteiger partial charge in [-0.3, -0.25) is 4.68 Å². The Morgan fingerprint density at radius 2 is 2.44 bits per heavy atom. The van der Waals surface area contributed by atoms with Gasteiger partial charge < -0.3 is 9.73 Å². The monoisotopic (exact) mass is 217 g/mol. The molecule has 0 amide bonds. The molecule has 0 aromatic carbocycles. The number of nitrogens with one attached hydrogen (secondary N) is 1. The van der Waals surface area contributed by atoms with Crippen LogP contribution in [0.2, 0.25) is 0 Å². The minimum absolute atomic E-state index is 0.701. The van der Waals surface area contributed by atoms with Gasteiger partial charge in [-0.2, -0.15) is 5.10 Å². The van der Waals surface area contributed by atoms with Crippen molar-refractivity contribution in [3.63, 3.8) is 0 Å². The third kappa shape index (κ3) is 1.88. The standard InChI is InChI=1S/C12H15N3O/c1-15-8-9(6-14-15)11-4-5-16-12(11)7-13-10-2-3-10/h4-6,8,10,13H,2-3,7H2,1H3. The first-order chi connectivity index (χ1) is 7.83. The van der Waals surface area contributed by atoms with Gasteiger partial charge in [0.15, 0.2) is 0 Å². The van der Waals surface area contributed by atoms with Gasteiger partial charge in [-0.05, 0) is 18.9 Å². The molecule has 2 aromatic heterocycles. The fraction of sp³-hybridized carbons (Fsp3) is 0.417. The molecule has 0 unspecified atom stereocenters. The van der Waals surface area contributed by atoms with E-state index in [0.29, 0.717) is 6.04 Å². The zero-order chi connectivity index (χ0) is 11.0. The molecule has 1 aliphatic carbocycles. The van der Waals surface area contributed by atoms with Gasteiger partial charge in [0.1, 0.15) is 5.76 Å². The number of rotatable bonds is 4. The van der Waals surface area contributed by atoms with E-state index in [1.54, 1.807) is 10.9 Å². The molecule has 84 valence electrons. The van der Waals surface area contributed by atoms with Crippen LogP contribution in [-0.4, -0.2) is 15.8 Å². The van der Waals surface area contributed by atoms with E-state index in [1.807, 2.05) is 25.5 Å². The van der Waals surface area contributed by atoms with Crippen LogP contribution in [0.3, 0.4) is 0 Å². The van der Waals surface area contributed by atoms with Crippen LogP contribution in [-0.2, 0) is 13.6 Å². The highest BCUT2D eigenvalue weighted by atomic mass is 16.3. The van der Waals surface area contributed by atoms with E-state index in [1.165, 1.54) is 12.8 Å². The van der Waals surface area contributed by atoms with Gasteiger partial charge in [-0.15, -0.1) is 0 Å². The molecule has 0 atom stereocenters. The van der Waals surface area contributed by atoms with Gasteiger partial charge in [0.2, 0.25) is 0 Å². The molecule has 4 nitrogen and oxygen atoms in total. The number of nitrogens with zero attached hydrogens (tertiary/aromatic N) is 2. The molecule has 0 bridgehead atoms. The van der Waals surface area contributed by atoms with Gasteiger partial charge in [-0.1, -0.05) is 0 Å². The quantitative estimate of drug-likeness (QED) is 0.851. The van der Waals surface area contributed by atoms with Crippen molar-refractivity contribution in [2.75, 3.05) is 0 Å². The third-order valence-corrected chi connectivity index (χ3v) is 2.89. The van der Waals surface area contributed by atoms with Crippen LogP contribution >= 0.6 is 0 Å². The Bertz CT molecular complexity index is 482. The summed E-state index contributed by atoms with van der Waals surface area (Å²) in [6.45, 7) is 0.807. The van der Waals surface area contributed by atoms with Crippen LogP contribution in [0, 0.1) is 0 Å². The lowest BCUT2D eigenvalue weighted by atomic mass is 10.1. The Labute approximate surface area is 94.3 Å². The zero-order valence-electron chi connectivity index (χ0n) is 9.31. The van der Waals surface area contributed by atoms with Crippen molar-refractivity contribution in [3.8, 4) is 11.1 Å². The van der Waals surface area contributed by atoms with Gasteiger partial charge in [-0.25, -0.2) is 0 Å². The Hall–Kier alpha value is -1.55. The average Bonchev–Trinajstić information content (AvgIpc) is 2.82. The summed E-state index contributed by atoms with van der Waals surface area (Å²) in [5.41, 5.74) is 2.25. The van der Waals surface area contributed by atoms with E-state index in [9.17, 15) is 0 Å². The van der Waals surface area contributed by atoms with E-state index in [-0.39, 0.29) is 0 Å². The average molecular weight is 217 g/mol. The largest absolute Gasteiger partial charge is 0.467 e. The molecule has 1 N–H and O–H groups in total. The molecule has 0 saturated heterocycles. The number of furan rings is 1. The van der Waals surface area contributed by atoms with Gasteiger partial charge in [0.05, 0.1) is 19.0 Å². The summed E-state index contributed by atoms with van der Waals surface area (Å²) >= 11 is 0. The minimum atomic E-state index is 0.701. The summed E-state index contributed by atoms with van der Waals surface area (Å²) in [7, 11) is 1.92. The first kappa shape index (κ1) is 9.66. The molecular weight excluding hydrogens is 202 g/mol. The molecule has 16 heavy (non-hydrogen) atoms. The molecule has 3 rings (SSSR count). The Morgan fingerprint density at radius 3 is 3.12 bits per heavy atom. The van der Waals surface area contributed by atoms with Crippen molar-refractivity contribution in [2.45, 2.75) is 25.4 Å². The second-order valence-electron chi connectivity index (χ2n) is 4.32. The van der Waals surface area contributed by atoms with E-state index in [4.69, 9.17) is 4.42 Å². The van der Waals surface area contributed by atoms with Crippen molar-refractivity contribution in [2.24, 2.45) is 7.05 Å². The van der Waals surface area contributed by atoms with E-state index < -0.39 is 0 Å². The second-order valence-corrected chi connectivity index (χ2v) is 4.32. The highest BCUT2D eigenvalue weighted by Crippen LogP contribution is 2.26. The molecule has 2 heterocycles. The summed E-state index contributed by atoms with van der Waals surface area (Å²) < 4.78 is 7.31. The Kier molecular flexibility index (Phi) is 2.29. The van der Waals surface area contributed by atoms with Gasteiger partial charge in [0, 0.05) is 30.4 Å². The third-order valence-electron chi connectivity index (χ3n) is 2.89. The molecule has 0 spiro atoms. The second kappa shape index (κ2) is 3.79. The summed E-state index contributed by atoms with van der Waals surface area (Å²) in [6, 6.07) is 2.70. The predicted octanol–water partition coefficient (Wildman–Crippen LogP) is 1.93. The lowest BCUT2D eigenvalue weighted by Gasteiger charge is -2.01. The first-order valence-electron chi connectivity index (χ1n) is 5.62. The minimum Gasteiger partial charge on any atom is -0.467 e. The van der Waals surface area contributed by atoms with E-state index >= 15 is 0 Å². The molecule has 2 aromatic rings.